The van der Waals surface area contributed by atoms with Gasteiger partial charge in [0.1, 0.15) is 11.9 Å². The lowest BCUT2D eigenvalue weighted by Crippen LogP contribution is -2.53. The lowest BCUT2D eigenvalue weighted by Gasteiger charge is -2.39. The number of alkyl halides is 3. The maximum atomic E-state index is 13.3. The van der Waals surface area contributed by atoms with Gasteiger partial charge in [-0.3, -0.25) is 29.0 Å². The molecule has 9 rings (SSSR count). The van der Waals surface area contributed by atoms with Crippen LogP contribution in [-0.4, -0.2) is 82.3 Å². The third-order valence-electron chi connectivity index (χ3n) is 13.9. The summed E-state index contributed by atoms with van der Waals surface area (Å²) < 4.78 is 52.5. The summed E-state index contributed by atoms with van der Waals surface area (Å²) in [4.78, 5) is 55.7. The molecule has 17 heteroatoms. The first-order valence-corrected chi connectivity index (χ1v) is 24.8. The summed E-state index contributed by atoms with van der Waals surface area (Å²) in [5, 5.41) is 15.7. The van der Waals surface area contributed by atoms with Crippen molar-refractivity contribution in [2.24, 2.45) is 0 Å². The van der Waals surface area contributed by atoms with Gasteiger partial charge in [0.15, 0.2) is 0 Å². The molecule has 4 aliphatic rings. The first kappa shape index (κ1) is 51.4. The molecule has 0 spiro atoms. The van der Waals surface area contributed by atoms with E-state index >= 15 is 0 Å². The molecule has 11 nitrogen and oxygen atoms in total. The van der Waals surface area contributed by atoms with Crippen LogP contribution in [0, 0.1) is 5.82 Å². The van der Waals surface area contributed by atoms with Gasteiger partial charge >= 0.3 is 6.18 Å². The van der Waals surface area contributed by atoms with Gasteiger partial charge in [0.25, 0.3) is 11.8 Å². The minimum absolute atomic E-state index is 0.00114. The van der Waals surface area contributed by atoms with Crippen LogP contribution in [0.5, 0.6) is 0 Å². The number of carbonyl (C=O) groups excluding carboxylic acids is 4. The van der Waals surface area contributed by atoms with Crippen LogP contribution in [-0.2, 0) is 28.9 Å². The number of nitrogens with zero attached hydrogens (tertiary/aromatic N) is 2. The maximum Gasteiger partial charge on any atom is 0.416 e. The Balaban J connectivity index is 0.000000197. The Hall–Kier alpha value is -6.00. The van der Waals surface area contributed by atoms with E-state index in [1.54, 1.807) is 61.5 Å². The molecule has 4 aliphatic heterocycles. The van der Waals surface area contributed by atoms with E-state index < -0.39 is 23.7 Å². The number of carbonyl (C=O) groups is 4. The number of halogens is 6. The normalized spacial score (nSPS) is 22.1. The lowest BCUT2D eigenvalue weighted by atomic mass is 9.96. The van der Waals surface area contributed by atoms with Crippen molar-refractivity contribution in [1.29, 1.82) is 0 Å². The van der Waals surface area contributed by atoms with Gasteiger partial charge in [-0.25, -0.2) is 4.39 Å². The van der Waals surface area contributed by atoms with E-state index in [2.05, 4.69) is 48.5 Å². The van der Waals surface area contributed by atoms with Crippen molar-refractivity contribution in [3.63, 3.8) is 0 Å². The van der Waals surface area contributed by atoms with E-state index in [-0.39, 0.29) is 53.4 Å². The number of hydrogen-bond acceptors (Lipinski definition) is 7. The Kier molecular flexibility index (Phi) is 16.7. The number of para-hydroxylation sites is 1. The van der Waals surface area contributed by atoms with E-state index in [0.717, 1.165) is 87.2 Å². The monoisotopic (exact) mass is 1010 g/mol. The Morgan fingerprint density at radius 1 is 0.648 bits per heavy atom. The second-order valence-electron chi connectivity index (χ2n) is 18.9. The Morgan fingerprint density at radius 2 is 1.21 bits per heavy atom. The van der Waals surface area contributed by atoms with E-state index in [9.17, 15) is 36.7 Å². The van der Waals surface area contributed by atoms with Gasteiger partial charge in [0.05, 0.1) is 23.4 Å². The summed E-state index contributed by atoms with van der Waals surface area (Å²) >= 11 is 12.0. The Bertz CT molecular complexity index is 2650. The Labute approximate surface area is 421 Å². The van der Waals surface area contributed by atoms with E-state index in [0.29, 0.717) is 40.4 Å². The van der Waals surface area contributed by atoms with Gasteiger partial charge in [0, 0.05) is 70.6 Å². The lowest BCUT2D eigenvalue weighted by molar-refractivity contribution is -0.137. The molecular weight excluding hydrogens is 958 g/mol. The number of piperidine rings is 2. The van der Waals surface area contributed by atoms with Crippen molar-refractivity contribution < 1.29 is 36.7 Å². The topological polar surface area (TPSA) is 135 Å². The fourth-order valence-corrected chi connectivity index (χ4v) is 10.8. The second-order valence-corrected chi connectivity index (χ2v) is 19.8. The standard InChI is InChI=1S/C30H30F4N4O2.C24H27Cl2N3O2/c31-21-10-8-19(9-11-21)18-38-24-12-13-25(38)16-23(15-24)37-28(39)17-35-29(40)26-6-1-2-7-27(26)36-22-5-3-4-20(14-22)30(32,33)34;1-15(27-24(31)17-3-2-4-19(26)11-17)23(30)28-20-12-21-9-10-22(13-20)29(21)14-16-5-7-18(25)8-6-16/h1-11,14,23-25,36H,12-13,15-18H2,(H,35,40)(H,37,39);2-8,11,15,20-22H,9-10,12-14H2,1H3,(H,27,31)(H,28,30)/t23-,24+,25-;15-,20-,21+,22-/m.0/s1. The second kappa shape index (κ2) is 23.0. The van der Waals surface area contributed by atoms with Crippen LogP contribution in [0.2, 0.25) is 10.0 Å². The fourth-order valence-electron chi connectivity index (χ4n) is 10.5. The summed E-state index contributed by atoms with van der Waals surface area (Å²) in [6.07, 6.45) is 3.41. The molecule has 0 aliphatic carbocycles. The first-order valence-electron chi connectivity index (χ1n) is 24.0. The highest BCUT2D eigenvalue weighted by atomic mass is 35.5. The number of nitrogens with one attached hydrogen (secondary N) is 5. The molecule has 4 heterocycles. The highest BCUT2D eigenvalue weighted by molar-refractivity contribution is 6.31. The van der Waals surface area contributed by atoms with Crippen LogP contribution in [0.1, 0.15) is 95.7 Å². The molecule has 0 saturated carbocycles. The largest absolute Gasteiger partial charge is 0.416 e. The predicted octanol–water partition coefficient (Wildman–Crippen LogP) is 10.1. The third-order valence-corrected chi connectivity index (χ3v) is 14.4. The molecule has 0 aromatic heterocycles. The average Bonchev–Trinajstić information content (AvgIpc) is 3.71. The van der Waals surface area contributed by atoms with Crippen LogP contribution in [0.15, 0.2) is 121 Å². The maximum absolute atomic E-state index is 13.3. The van der Waals surface area contributed by atoms with Crippen molar-refractivity contribution in [1.82, 2.24) is 31.1 Å². The van der Waals surface area contributed by atoms with Crippen molar-refractivity contribution in [3.8, 4) is 0 Å². The van der Waals surface area contributed by atoms with Crippen molar-refractivity contribution >= 4 is 58.2 Å². The van der Waals surface area contributed by atoms with Crippen LogP contribution < -0.4 is 26.6 Å². The van der Waals surface area contributed by atoms with Gasteiger partial charge in [-0.15, -0.1) is 0 Å². The quantitative estimate of drug-likeness (QED) is 0.0700. The number of hydrogen-bond donors (Lipinski definition) is 5. The summed E-state index contributed by atoms with van der Waals surface area (Å²) in [5.41, 5.74) is 2.69. The van der Waals surface area contributed by atoms with Crippen LogP contribution in [0.4, 0.5) is 28.9 Å². The molecular formula is C54H57Cl2F4N7O4. The van der Waals surface area contributed by atoms with Crippen LogP contribution in [0.3, 0.4) is 0 Å². The van der Waals surface area contributed by atoms with Crippen molar-refractivity contribution in [2.45, 2.75) is 120 Å². The summed E-state index contributed by atoms with van der Waals surface area (Å²) in [7, 11) is 0. The molecule has 4 saturated heterocycles. The van der Waals surface area contributed by atoms with Crippen molar-refractivity contribution in [2.75, 3.05) is 11.9 Å². The third kappa shape index (κ3) is 13.7. The predicted molar refractivity (Wildman–Crippen MR) is 267 cm³/mol. The number of anilines is 2. The summed E-state index contributed by atoms with van der Waals surface area (Å²) in [6.45, 7) is 3.16. The van der Waals surface area contributed by atoms with E-state index in [1.807, 2.05) is 12.1 Å². The zero-order chi connectivity index (χ0) is 50.2. The van der Waals surface area contributed by atoms with Crippen molar-refractivity contribution in [3.05, 3.63) is 165 Å². The highest BCUT2D eigenvalue weighted by Crippen LogP contribution is 2.39. The number of fused-ring (bicyclic) bond motifs is 4. The van der Waals surface area contributed by atoms with Gasteiger partial charge in [-0.2, -0.15) is 13.2 Å². The molecule has 5 N–H and O–H groups in total. The van der Waals surface area contributed by atoms with Gasteiger partial charge in [0.2, 0.25) is 11.8 Å². The minimum Gasteiger partial charge on any atom is -0.355 e. The van der Waals surface area contributed by atoms with Crippen LogP contribution >= 0.6 is 23.2 Å². The number of amides is 4. The van der Waals surface area contributed by atoms with E-state index in [4.69, 9.17) is 23.2 Å². The molecule has 5 aromatic rings. The molecule has 71 heavy (non-hydrogen) atoms. The molecule has 4 amide bonds. The molecule has 4 fully saturated rings. The smallest absolute Gasteiger partial charge is 0.355 e. The minimum atomic E-state index is -4.49. The number of rotatable bonds is 14. The van der Waals surface area contributed by atoms with Crippen LogP contribution in [0.25, 0.3) is 0 Å². The SMILES string of the molecule is C[C@H](NC(=O)c1cccc(Cl)c1)C(=O)N[C@H]1C[C@H]2CC[C@@H](C1)N2Cc1ccc(Cl)cc1.O=C(CNC(=O)c1ccccc1Nc1cccc(C(F)(F)F)c1)N[C@H]1C[C@H]2CC[C@@H](C1)N2Cc1ccc(F)cc1. The highest BCUT2D eigenvalue weighted by Gasteiger charge is 2.42. The summed E-state index contributed by atoms with van der Waals surface area (Å²) in [6, 6.07) is 33.6. The number of benzene rings is 5. The van der Waals surface area contributed by atoms with Gasteiger partial charge in [-0.05, 0) is 142 Å². The molecule has 0 radical (unpaired) electrons. The molecule has 4 bridgehead atoms. The fraction of sp³-hybridized carbons (Fsp3) is 0.370. The molecule has 374 valence electrons. The van der Waals surface area contributed by atoms with Gasteiger partial charge < -0.3 is 26.6 Å². The molecule has 5 aromatic carbocycles. The van der Waals surface area contributed by atoms with E-state index in [1.165, 1.54) is 35.9 Å². The Morgan fingerprint density at radius 3 is 1.80 bits per heavy atom. The average molecular weight is 1010 g/mol. The first-order chi connectivity index (χ1) is 34.0. The summed E-state index contributed by atoms with van der Waals surface area (Å²) in [5.74, 6) is -1.52. The zero-order valence-corrected chi connectivity index (χ0v) is 40.7. The zero-order valence-electron chi connectivity index (χ0n) is 39.2. The molecule has 7 atom stereocenters. The molecule has 0 unspecified atom stereocenters. The van der Waals surface area contributed by atoms with Gasteiger partial charge in [-0.1, -0.05) is 71.7 Å².